The van der Waals surface area contributed by atoms with Crippen LogP contribution in [0.2, 0.25) is 0 Å². The van der Waals surface area contributed by atoms with Crippen LogP contribution in [-0.4, -0.2) is 38.0 Å². The molecule has 1 aliphatic heterocycles. The molecular formula is C22H23FN6O3. The zero-order valence-corrected chi connectivity index (χ0v) is 18.1. The lowest BCUT2D eigenvalue weighted by Gasteiger charge is -2.18. The van der Waals surface area contributed by atoms with Gasteiger partial charge in [0.05, 0.1) is 18.0 Å². The molecule has 0 bridgehead atoms. The minimum Gasteiger partial charge on any atom is -0.489 e. The molecule has 32 heavy (non-hydrogen) atoms. The molecule has 0 amide bonds. The fourth-order valence-electron chi connectivity index (χ4n) is 3.38. The van der Waals surface area contributed by atoms with E-state index in [0.717, 1.165) is 15.8 Å². The van der Waals surface area contributed by atoms with Crippen molar-refractivity contribution in [1.29, 1.82) is 0 Å². The van der Waals surface area contributed by atoms with E-state index in [-0.39, 0.29) is 18.0 Å². The summed E-state index contributed by atoms with van der Waals surface area (Å²) >= 11 is 0. The van der Waals surface area contributed by atoms with Crippen LogP contribution < -0.4 is 10.4 Å². The third-order valence-electron chi connectivity index (χ3n) is 5.17. The number of rotatable bonds is 5. The number of hydrogen-bond donors (Lipinski definition) is 0. The third-order valence-corrected chi connectivity index (χ3v) is 5.17. The number of benzene rings is 2. The van der Waals surface area contributed by atoms with Gasteiger partial charge in [-0.05, 0) is 41.1 Å². The van der Waals surface area contributed by atoms with Crippen LogP contribution in [-0.2, 0) is 18.4 Å². The molecule has 166 valence electrons. The molecule has 0 spiro atoms. The second kappa shape index (κ2) is 9.13. The zero-order chi connectivity index (χ0) is 22.7. The summed E-state index contributed by atoms with van der Waals surface area (Å²) in [6, 6.07) is 10.3. The van der Waals surface area contributed by atoms with E-state index in [2.05, 4.69) is 20.6 Å². The highest BCUT2D eigenvalue weighted by molar-refractivity contribution is 6.04. The molecule has 3 aromatic rings. The van der Waals surface area contributed by atoms with E-state index in [4.69, 9.17) is 9.47 Å². The summed E-state index contributed by atoms with van der Waals surface area (Å²) in [6.45, 7) is 4.35. The molecule has 0 N–H and O–H groups in total. The Hall–Kier alpha value is -3.82. The summed E-state index contributed by atoms with van der Waals surface area (Å²) in [5.74, 6) is 0.199. The van der Waals surface area contributed by atoms with Crippen molar-refractivity contribution in [2.75, 3.05) is 6.61 Å². The number of aromatic nitrogens is 4. The first-order valence-corrected chi connectivity index (χ1v) is 10.2. The first-order valence-electron chi connectivity index (χ1n) is 10.2. The quantitative estimate of drug-likeness (QED) is 0.347. The van der Waals surface area contributed by atoms with Crippen LogP contribution in [0, 0.1) is 12.7 Å². The number of aryl methyl sites for hydroxylation is 2. The molecule has 1 aromatic heterocycles. The second-order valence-electron chi connectivity index (χ2n) is 7.27. The Morgan fingerprint density at radius 1 is 1.25 bits per heavy atom. The summed E-state index contributed by atoms with van der Waals surface area (Å²) in [6.07, 6.45) is 1.03. The Morgan fingerprint density at radius 2 is 2.06 bits per heavy atom. The number of nitrogens with zero attached hydrogens (tertiary/aromatic N) is 6. The molecule has 0 radical (unpaired) electrons. The summed E-state index contributed by atoms with van der Waals surface area (Å²) in [7, 11) is 1.54. The van der Waals surface area contributed by atoms with Gasteiger partial charge in [0.2, 0.25) is 5.90 Å². The number of hydrogen-bond acceptors (Lipinski definition) is 7. The Kier molecular flexibility index (Phi) is 6.11. The van der Waals surface area contributed by atoms with E-state index in [1.807, 2.05) is 26.0 Å². The highest BCUT2D eigenvalue weighted by Gasteiger charge is 2.20. The summed E-state index contributed by atoms with van der Waals surface area (Å²) in [5, 5.41) is 16.3. The summed E-state index contributed by atoms with van der Waals surface area (Å²) in [5.41, 5.74) is 3.22. The topological polar surface area (TPSA) is 95.9 Å². The van der Waals surface area contributed by atoms with Crippen molar-refractivity contribution < 1.29 is 13.9 Å². The number of halogens is 1. The van der Waals surface area contributed by atoms with Crippen LogP contribution in [0.15, 0.2) is 51.4 Å². The minimum atomic E-state index is -0.419. The van der Waals surface area contributed by atoms with Crippen molar-refractivity contribution in [3.8, 4) is 11.4 Å². The Morgan fingerprint density at radius 3 is 2.81 bits per heavy atom. The predicted octanol–water partition coefficient (Wildman–Crippen LogP) is 2.93. The van der Waals surface area contributed by atoms with Gasteiger partial charge in [0.25, 0.3) is 0 Å². The first kappa shape index (κ1) is 21.4. The van der Waals surface area contributed by atoms with E-state index >= 15 is 0 Å². The maximum absolute atomic E-state index is 14.0. The first-order chi connectivity index (χ1) is 15.5. The summed E-state index contributed by atoms with van der Waals surface area (Å²) in [4.78, 5) is 12.3. The van der Waals surface area contributed by atoms with Gasteiger partial charge in [-0.25, -0.2) is 9.18 Å². The fraction of sp³-hybridized carbons (Fsp3) is 0.318. The van der Waals surface area contributed by atoms with Crippen LogP contribution in [0.5, 0.6) is 5.75 Å². The van der Waals surface area contributed by atoms with Gasteiger partial charge in [-0.3, -0.25) is 0 Å². The number of ether oxygens (including phenoxy) is 2. The van der Waals surface area contributed by atoms with Crippen LogP contribution >= 0.6 is 0 Å². The fourth-order valence-corrected chi connectivity index (χ4v) is 3.38. The molecule has 0 atom stereocenters. The molecule has 0 aliphatic carbocycles. The van der Waals surface area contributed by atoms with Crippen LogP contribution in [0.25, 0.3) is 5.69 Å². The van der Waals surface area contributed by atoms with E-state index in [9.17, 15) is 9.18 Å². The molecule has 0 saturated carbocycles. The van der Waals surface area contributed by atoms with Crippen molar-refractivity contribution >= 4 is 11.6 Å². The van der Waals surface area contributed by atoms with Gasteiger partial charge in [-0.1, -0.05) is 25.1 Å². The molecule has 9 nitrogen and oxygen atoms in total. The van der Waals surface area contributed by atoms with Crippen molar-refractivity contribution in [3.05, 3.63) is 69.4 Å². The van der Waals surface area contributed by atoms with Crippen molar-refractivity contribution in [2.24, 2.45) is 17.3 Å². The van der Waals surface area contributed by atoms with Crippen LogP contribution in [0.4, 0.5) is 4.39 Å². The van der Waals surface area contributed by atoms with E-state index in [1.54, 1.807) is 25.2 Å². The summed E-state index contributed by atoms with van der Waals surface area (Å²) < 4.78 is 27.8. The molecule has 1 aliphatic rings. The standard InChI is InChI=1S/C22H23FN6O3/c1-4-20(25-24-18-11-12-31-21-15(18)8-6-9-17(21)23)32-13-16-14(2)7-5-10-19(16)29-22(30)28(3)26-27-29/h5-10H,4,11-13H2,1-3H3. The SMILES string of the molecule is CCC(=NN=C1CCOc2c(F)cccc21)OCc1c(C)cccc1-n1nnn(C)c1=O. The second-order valence-corrected chi connectivity index (χ2v) is 7.27. The van der Waals surface area contributed by atoms with Gasteiger partial charge in [-0.15, -0.1) is 5.10 Å². The molecule has 2 aromatic carbocycles. The van der Waals surface area contributed by atoms with Crippen molar-refractivity contribution in [1.82, 2.24) is 19.8 Å². The molecule has 4 rings (SSSR count). The number of para-hydroxylation sites is 1. The average Bonchev–Trinajstić information content (AvgIpc) is 3.13. The molecule has 0 fully saturated rings. The maximum Gasteiger partial charge on any atom is 0.368 e. The van der Waals surface area contributed by atoms with Gasteiger partial charge in [-0.2, -0.15) is 14.5 Å². The molecular weight excluding hydrogens is 415 g/mol. The van der Waals surface area contributed by atoms with Crippen LogP contribution in [0.3, 0.4) is 0 Å². The maximum atomic E-state index is 14.0. The Labute approximate surface area is 183 Å². The molecule has 0 saturated heterocycles. The van der Waals surface area contributed by atoms with Crippen molar-refractivity contribution in [2.45, 2.75) is 33.3 Å². The Balaban J connectivity index is 1.59. The lowest BCUT2D eigenvalue weighted by molar-refractivity contribution is 0.282. The molecule has 2 heterocycles. The largest absolute Gasteiger partial charge is 0.489 e. The van der Waals surface area contributed by atoms with E-state index in [1.165, 1.54) is 10.7 Å². The lowest BCUT2D eigenvalue weighted by Crippen LogP contribution is -2.23. The van der Waals surface area contributed by atoms with Gasteiger partial charge in [0.1, 0.15) is 6.61 Å². The molecule has 10 heteroatoms. The van der Waals surface area contributed by atoms with E-state index in [0.29, 0.717) is 42.3 Å². The smallest absolute Gasteiger partial charge is 0.368 e. The van der Waals surface area contributed by atoms with Gasteiger partial charge in [0, 0.05) is 31.0 Å². The van der Waals surface area contributed by atoms with Gasteiger partial charge < -0.3 is 9.47 Å². The average molecular weight is 438 g/mol. The van der Waals surface area contributed by atoms with Crippen molar-refractivity contribution in [3.63, 3.8) is 0 Å². The van der Waals surface area contributed by atoms with Gasteiger partial charge in [0.15, 0.2) is 11.6 Å². The normalized spacial score (nSPS) is 14.9. The van der Waals surface area contributed by atoms with E-state index < -0.39 is 5.82 Å². The number of fused-ring (bicyclic) bond motifs is 1. The number of tetrazole rings is 1. The minimum absolute atomic E-state index is 0.177. The molecule has 0 unspecified atom stereocenters. The highest BCUT2D eigenvalue weighted by atomic mass is 19.1. The third kappa shape index (κ3) is 4.16. The van der Waals surface area contributed by atoms with Gasteiger partial charge >= 0.3 is 5.69 Å². The highest BCUT2D eigenvalue weighted by Crippen LogP contribution is 2.28. The zero-order valence-electron chi connectivity index (χ0n) is 18.1. The monoisotopic (exact) mass is 438 g/mol. The Bertz CT molecular complexity index is 1260. The lowest BCUT2D eigenvalue weighted by atomic mass is 10.0. The predicted molar refractivity (Wildman–Crippen MR) is 117 cm³/mol. The van der Waals surface area contributed by atoms with Crippen LogP contribution in [0.1, 0.15) is 36.5 Å².